The second-order valence-corrected chi connectivity index (χ2v) is 8.80. The van der Waals surface area contributed by atoms with Crippen molar-refractivity contribution in [2.24, 2.45) is 0 Å². The zero-order valence-electron chi connectivity index (χ0n) is 21.1. The molecule has 0 amide bonds. The van der Waals surface area contributed by atoms with Crippen molar-refractivity contribution in [1.29, 1.82) is 0 Å². The molecule has 0 N–H and O–H groups in total. The first-order valence-electron chi connectivity index (χ1n) is 10.9. The predicted octanol–water partition coefficient (Wildman–Crippen LogP) is 4.66. The highest BCUT2D eigenvalue weighted by Gasteiger charge is 2.52. The predicted molar refractivity (Wildman–Crippen MR) is 119 cm³/mol. The lowest BCUT2D eigenvalue weighted by Crippen LogP contribution is -2.81. The van der Waals surface area contributed by atoms with Gasteiger partial charge >= 0.3 is 0 Å². The molecule has 4 aromatic rings. The molecule has 246 valence electrons. The number of hydrogen-bond donors (Lipinski definition) is 0. The van der Waals surface area contributed by atoms with Gasteiger partial charge in [0, 0.05) is 0 Å². The molecular weight excluding hydrogens is 707 g/mol. The molecule has 4 rings (SSSR count). The van der Waals surface area contributed by atoms with Crippen LogP contribution in [0.3, 0.4) is 0 Å². The minimum atomic E-state index is -7.22. The summed E-state index contributed by atoms with van der Waals surface area (Å²) in [6.45, 7) is 0. The van der Waals surface area contributed by atoms with Crippen molar-refractivity contribution in [3.05, 3.63) is 116 Å². The lowest BCUT2D eigenvalue weighted by Gasteiger charge is -2.44. The Morgan fingerprint density at radius 3 is 0.370 bits per heavy atom. The van der Waals surface area contributed by atoms with E-state index in [0.717, 1.165) is 0 Å². The Kier molecular flexibility index (Phi) is 9.33. The van der Waals surface area contributed by atoms with Gasteiger partial charge in [-0.1, -0.05) is 0 Å². The Morgan fingerprint density at radius 2 is 0.261 bits per heavy atom. The van der Waals surface area contributed by atoms with Crippen LogP contribution in [0.15, 0.2) is 0 Å². The molecule has 0 saturated carbocycles. The molecule has 0 unspecified atom stereocenters. The third-order valence-electron chi connectivity index (χ3n) is 6.71. The van der Waals surface area contributed by atoms with Gasteiger partial charge in [-0.15, -0.1) is 21.9 Å². The second-order valence-electron chi connectivity index (χ2n) is 8.80. The highest BCUT2D eigenvalue weighted by atomic mass is 28.1. The largest absolute Gasteiger partial charge is 0.267 e. The molecule has 0 fully saturated rings. The smallest absolute Gasteiger partial charge is 0.207 e. The van der Waals surface area contributed by atoms with Gasteiger partial charge in [0.25, 0.3) is 11.0 Å². The summed E-state index contributed by atoms with van der Waals surface area (Å²) in [5.74, 6) is -71.4. The molecule has 0 atom stereocenters. The van der Waals surface area contributed by atoms with Crippen molar-refractivity contribution in [2.45, 2.75) is 0 Å². The van der Waals surface area contributed by atoms with Gasteiger partial charge in [-0.2, -0.15) is 0 Å². The Morgan fingerprint density at radius 1 is 0.174 bits per heavy atom. The van der Waals surface area contributed by atoms with Gasteiger partial charge in [0.05, 0.1) is 0 Å². The van der Waals surface area contributed by atoms with Gasteiger partial charge in [-0.3, -0.25) is 0 Å². The van der Waals surface area contributed by atoms with E-state index in [1.807, 2.05) is 0 Å². The molecule has 0 aliphatic heterocycles. The average molecular weight is 710 g/mol. The summed E-state index contributed by atoms with van der Waals surface area (Å²) in [6, 6.07) is 0. The van der Waals surface area contributed by atoms with E-state index in [2.05, 4.69) is 0 Å². The Bertz CT molecular complexity index is 1580. The molecule has 0 aliphatic rings. The maximum absolute atomic E-state index is 15.4. The molecular formula is C24H3BF20Si. The van der Waals surface area contributed by atoms with Crippen molar-refractivity contribution in [3.63, 3.8) is 0 Å². The van der Waals surface area contributed by atoms with E-state index in [1.165, 1.54) is 0 Å². The molecule has 0 radical (unpaired) electrons. The van der Waals surface area contributed by atoms with Crippen molar-refractivity contribution < 1.29 is 87.8 Å². The average Bonchev–Trinajstić information content (AvgIpc) is 3.00. The fourth-order valence-corrected chi connectivity index (χ4v) is 4.87. The zero-order valence-corrected chi connectivity index (χ0v) is 23.1. The van der Waals surface area contributed by atoms with Gasteiger partial charge < -0.3 is 0 Å². The first-order chi connectivity index (χ1) is 20.7. The van der Waals surface area contributed by atoms with Crippen LogP contribution < -0.4 is 21.9 Å². The molecule has 0 aliphatic carbocycles. The van der Waals surface area contributed by atoms with E-state index < -0.39 is 144 Å². The summed E-state index contributed by atoms with van der Waals surface area (Å²) in [7, 11) is 0. The number of hydrogen-bond acceptors (Lipinski definition) is 0. The maximum Gasteiger partial charge on any atom is 0.267 e. The topological polar surface area (TPSA) is 0 Å². The van der Waals surface area contributed by atoms with Crippen molar-refractivity contribution in [1.82, 2.24) is 0 Å². The zero-order chi connectivity index (χ0) is 34.4. The fourth-order valence-electron chi connectivity index (χ4n) is 4.87. The standard InChI is InChI=1S/C24BF20.H3Si/c26-5-1(6(27)14(35)21(42)13(5)34)25(2-7(28)15(36)22(43)16(37)8(2)29,3-9(30)17(38)23(44)18(39)10(3)31)4-11(32)19(40)24(45)20(41)12(4)33;/h;1H3/q-1;+1. The van der Waals surface area contributed by atoms with E-state index in [1.54, 1.807) is 0 Å². The minimum absolute atomic E-state index is 0. The van der Waals surface area contributed by atoms with Gasteiger partial charge in [0.2, 0.25) is 0 Å². The summed E-state index contributed by atoms with van der Waals surface area (Å²) in [5.41, 5.74) is -14.3. The monoisotopic (exact) mass is 710 g/mol. The molecule has 46 heavy (non-hydrogen) atoms. The summed E-state index contributed by atoms with van der Waals surface area (Å²) >= 11 is 0. The molecule has 0 nitrogen and oxygen atoms in total. The van der Waals surface area contributed by atoms with Gasteiger partial charge in [-0.25, -0.2) is 87.8 Å². The first kappa shape index (κ1) is 36.2. The van der Waals surface area contributed by atoms with Gasteiger partial charge in [0.15, 0.2) is 69.8 Å². The molecule has 4 aromatic carbocycles. The molecule has 22 heteroatoms. The first-order valence-corrected chi connectivity index (χ1v) is 10.9. The summed E-state index contributed by atoms with van der Waals surface area (Å²) in [4.78, 5) is 0. The quantitative estimate of drug-likeness (QED) is 0.125. The van der Waals surface area contributed by atoms with E-state index in [9.17, 15) is 52.7 Å². The SMILES string of the molecule is Fc1c(F)c(F)c([B-](c2c(F)c(F)c(F)c(F)c2F)(c2c(F)c(F)c(F)c(F)c2F)c2c(F)c(F)c(F)c(F)c2F)c(F)c1F.[SiH3+]. The summed E-state index contributed by atoms with van der Waals surface area (Å²) < 4.78 is 294. The van der Waals surface area contributed by atoms with E-state index in [-0.39, 0.29) is 11.0 Å². The number of rotatable bonds is 4. The Labute approximate surface area is 243 Å². The van der Waals surface area contributed by atoms with Crippen molar-refractivity contribution in [2.75, 3.05) is 0 Å². The maximum atomic E-state index is 15.4. The highest BCUT2D eigenvalue weighted by Crippen LogP contribution is 2.30. The lowest BCUT2D eigenvalue weighted by molar-refractivity contribution is 0.378. The van der Waals surface area contributed by atoms with Crippen LogP contribution in [0.1, 0.15) is 0 Å². The van der Waals surface area contributed by atoms with E-state index in [0.29, 0.717) is 0 Å². The molecule has 0 aromatic heterocycles. The van der Waals surface area contributed by atoms with Crippen molar-refractivity contribution in [3.8, 4) is 0 Å². The van der Waals surface area contributed by atoms with Crippen LogP contribution in [0.25, 0.3) is 0 Å². The summed E-state index contributed by atoms with van der Waals surface area (Å²) in [5, 5.41) is 0. The second kappa shape index (κ2) is 11.8. The lowest BCUT2D eigenvalue weighted by atomic mass is 9.12. The summed E-state index contributed by atoms with van der Waals surface area (Å²) in [6.07, 6.45) is -7.22. The van der Waals surface area contributed by atoms with Crippen LogP contribution in [0.4, 0.5) is 87.8 Å². The van der Waals surface area contributed by atoms with Crippen LogP contribution >= 0.6 is 0 Å². The van der Waals surface area contributed by atoms with Crippen LogP contribution in [0.5, 0.6) is 0 Å². The molecule has 0 bridgehead atoms. The molecule has 0 heterocycles. The van der Waals surface area contributed by atoms with E-state index in [4.69, 9.17) is 0 Å². The van der Waals surface area contributed by atoms with Crippen molar-refractivity contribution >= 4 is 39.0 Å². The third kappa shape index (κ3) is 4.46. The molecule has 0 saturated heterocycles. The molecule has 0 spiro atoms. The highest BCUT2D eigenvalue weighted by molar-refractivity contribution is 7.20. The van der Waals surface area contributed by atoms with Crippen LogP contribution in [-0.2, 0) is 0 Å². The Hall–Kier alpha value is -4.24. The number of benzene rings is 4. The van der Waals surface area contributed by atoms with Crippen LogP contribution in [0.2, 0.25) is 0 Å². The normalized spacial score (nSPS) is 11.7. The number of halogens is 20. The Balaban J connectivity index is 0.00000576. The third-order valence-corrected chi connectivity index (χ3v) is 6.71. The van der Waals surface area contributed by atoms with Crippen LogP contribution in [0, 0.1) is 116 Å². The minimum Gasteiger partial charge on any atom is -0.207 e. The van der Waals surface area contributed by atoms with Gasteiger partial charge in [0.1, 0.15) is 52.7 Å². The fraction of sp³-hybridized carbons (Fsp3) is 0. The van der Waals surface area contributed by atoms with Crippen LogP contribution in [-0.4, -0.2) is 17.1 Å². The van der Waals surface area contributed by atoms with Gasteiger partial charge in [-0.05, 0) is 0 Å². The van der Waals surface area contributed by atoms with E-state index >= 15 is 35.1 Å².